The number of carbonyl (C=O) groups is 4. The fourth-order valence-corrected chi connectivity index (χ4v) is 6.11. The van der Waals surface area contributed by atoms with E-state index in [1.807, 2.05) is 19.1 Å². The Balaban J connectivity index is 1.76. The first-order valence-corrected chi connectivity index (χ1v) is 19.0. The highest BCUT2D eigenvalue weighted by Crippen LogP contribution is 2.26. The number of aromatic hydroxyl groups is 2. The smallest absolute Gasteiger partial charge is 0.273 e. The number of phenolic OH excluding ortho intramolecular Hbond substituents is 2. The van der Waals surface area contributed by atoms with Gasteiger partial charge in [-0.15, -0.1) is 0 Å². The Kier molecular flexibility index (Phi) is 20.3. The van der Waals surface area contributed by atoms with E-state index in [-0.39, 0.29) is 46.3 Å². The Hall–Kier alpha value is -4.08. The van der Waals surface area contributed by atoms with E-state index in [0.717, 1.165) is 68.9 Å². The minimum Gasteiger partial charge on any atom is -0.507 e. The zero-order valence-electron chi connectivity index (χ0n) is 30.9. The van der Waals surface area contributed by atoms with E-state index in [4.69, 9.17) is 0 Å². The van der Waals surface area contributed by atoms with Crippen LogP contribution in [0.15, 0.2) is 36.4 Å². The molecule has 0 saturated heterocycles. The molecule has 2 aromatic carbocycles. The number of unbranched alkanes of at least 4 members (excludes halogenated alkanes) is 9. The summed E-state index contributed by atoms with van der Waals surface area (Å²) in [5.74, 6) is -2.55. The summed E-state index contributed by atoms with van der Waals surface area (Å²) in [6, 6.07) is 10.2. The van der Waals surface area contributed by atoms with Crippen molar-refractivity contribution < 1.29 is 29.4 Å². The fraction of sp³-hybridized carbons (Fsp3) is 0.600. The van der Waals surface area contributed by atoms with Crippen molar-refractivity contribution in [2.24, 2.45) is 11.8 Å². The van der Waals surface area contributed by atoms with E-state index in [0.29, 0.717) is 44.9 Å². The average Bonchev–Trinajstić information content (AvgIpc) is 3.11. The van der Waals surface area contributed by atoms with Crippen LogP contribution in [0.3, 0.4) is 0 Å². The van der Waals surface area contributed by atoms with Gasteiger partial charge in [-0.3, -0.25) is 40.9 Å². The van der Waals surface area contributed by atoms with Gasteiger partial charge in [0.2, 0.25) is 11.8 Å². The third kappa shape index (κ3) is 14.8. The van der Waals surface area contributed by atoms with Crippen LogP contribution in [0.25, 0.3) is 0 Å². The van der Waals surface area contributed by atoms with E-state index in [2.05, 4.69) is 35.6 Å². The van der Waals surface area contributed by atoms with Gasteiger partial charge in [0, 0.05) is 11.8 Å². The van der Waals surface area contributed by atoms with Gasteiger partial charge in [0.1, 0.15) is 11.5 Å². The van der Waals surface area contributed by atoms with E-state index in [1.165, 1.54) is 18.9 Å². The minimum atomic E-state index is -0.572. The van der Waals surface area contributed by atoms with Gasteiger partial charge in [-0.05, 0) is 68.2 Å². The number of hydrogen-bond donors (Lipinski definition) is 6. The molecule has 0 aromatic heterocycles. The number of hydrogen-bond acceptors (Lipinski definition) is 6. The first-order chi connectivity index (χ1) is 24.1. The first-order valence-electron chi connectivity index (χ1n) is 19.0. The summed E-state index contributed by atoms with van der Waals surface area (Å²) in [5, 5.41) is 21.3. The molecule has 0 saturated carbocycles. The lowest BCUT2D eigenvalue weighted by Crippen LogP contribution is -2.44. The first kappa shape index (κ1) is 42.1. The van der Waals surface area contributed by atoms with Crippen molar-refractivity contribution >= 4 is 23.6 Å². The number of phenols is 2. The number of hydrazine groups is 2. The van der Waals surface area contributed by atoms with Gasteiger partial charge in [-0.2, -0.15) is 0 Å². The molecule has 50 heavy (non-hydrogen) atoms. The standard InChI is InChI=1S/C40H62N4O6/c1-5-8-10-12-14-22-30-25-18-27-33(35(30)45)39(49)43-41-37(47)29(4)21-16-17-24-32(20-7-3)38(48)42-44-40(50)34-28-19-26-31(36(34)46)23-15-13-11-9-6-2/h18-19,25-29,32,45-46H,5-17,20-24H2,1-4H3,(H,41,47)(H,42,48)(H,43,49)(H,44,50). The number of benzene rings is 2. The van der Waals surface area contributed by atoms with Crippen LogP contribution in [0.5, 0.6) is 11.5 Å². The van der Waals surface area contributed by atoms with Crippen molar-refractivity contribution in [3.63, 3.8) is 0 Å². The third-order valence-electron chi connectivity index (χ3n) is 9.32. The van der Waals surface area contributed by atoms with Crippen LogP contribution in [0.1, 0.15) is 162 Å². The number of amides is 4. The molecule has 0 spiro atoms. The molecule has 2 atom stereocenters. The Morgan fingerprint density at radius 1 is 0.540 bits per heavy atom. The Morgan fingerprint density at radius 3 is 1.48 bits per heavy atom. The Bertz CT molecular complexity index is 1350. The molecule has 0 aliphatic rings. The largest absolute Gasteiger partial charge is 0.507 e. The second-order valence-electron chi connectivity index (χ2n) is 13.5. The molecule has 2 aromatic rings. The lowest BCUT2D eigenvalue weighted by Gasteiger charge is -2.18. The number of para-hydroxylation sites is 2. The average molecular weight is 695 g/mol. The number of carbonyl (C=O) groups excluding carboxylic acids is 4. The summed E-state index contributed by atoms with van der Waals surface area (Å²) in [4.78, 5) is 51.2. The minimum absolute atomic E-state index is 0.0478. The van der Waals surface area contributed by atoms with E-state index < -0.39 is 11.8 Å². The van der Waals surface area contributed by atoms with Crippen LogP contribution < -0.4 is 21.7 Å². The van der Waals surface area contributed by atoms with E-state index >= 15 is 0 Å². The van der Waals surface area contributed by atoms with Gasteiger partial charge in [0.15, 0.2) is 0 Å². The summed E-state index contributed by atoms with van der Waals surface area (Å²) >= 11 is 0. The zero-order valence-corrected chi connectivity index (χ0v) is 30.9. The van der Waals surface area contributed by atoms with Crippen molar-refractivity contribution in [2.75, 3.05) is 0 Å². The van der Waals surface area contributed by atoms with Crippen molar-refractivity contribution in [3.8, 4) is 11.5 Å². The predicted molar refractivity (Wildman–Crippen MR) is 198 cm³/mol. The van der Waals surface area contributed by atoms with Gasteiger partial charge in [0.05, 0.1) is 11.1 Å². The molecule has 278 valence electrons. The molecular formula is C40H62N4O6. The van der Waals surface area contributed by atoms with Crippen LogP contribution in [0.2, 0.25) is 0 Å². The summed E-state index contributed by atoms with van der Waals surface area (Å²) in [5.41, 5.74) is 11.6. The SMILES string of the molecule is CCCCCCCc1cccc(C(=O)NNC(=O)C(C)CCCCC(CCC)C(=O)NNC(=O)c2cccc(CCCCCCC)c2O)c1O. The lowest BCUT2D eigenvalue weighted by molar-refractivity contribution is -0.127. The Labute approximate surface area is 299 Å². The topological polar surface area (TPSA) is 157 Å². The summed E-state index contributed by atoms with van der Waals surface area (Å²) < 4.78 is 0. The molecule has 0 fully saturated rings. The van der Waals surface area contributed by atoms with Crippen LogP contribution in [0, 0.1) is 11.8 Å². The van der Waals surface area contributed by atoms with E-state index in [1.54, 1.807) is 25.1 Å². The quantitative estimate of drug-likeness (QED) is 0.0512. The zero-order chi connectivity index (χ0) is 36.7. The van der Waals surface area contributed by atoms with Crippen LogP contribution >= 0.6 is 0 Å². The summed E-state index contributed by atoms with van der Waals surface area (Å²) in [7, 11) is 0. The normalized spacial score (nSPS) is 12.2. The molecule has 0 heterocycles. The number of aryl methyl sites for hydroxylation is 2. The predicted octanol–water partition coefficient (Wildman–Crippen LogP) is 7.96. The van der Waals surface area contributed by atoms with E-state index in [9.17, 15) is 29.4 Å². The summed E-state index contributed by atoms with van der Waals surface area (Å²) in [6.07, 6.45) is 16.4. The van der Waals surface area contributed by atoms with Gasteiger partial charge in [-0.1, -0.05) is 123 Å². The second kappa shape index (κ2) is 24.1. The van der Waals surface area contributed by atoms with Crippen LogP contribution in [-0.2, 0) is 22.4 Å². The van der Waals surface area contributed by atoms with Crippen molar-refractivity contribution in [3.05, 3.63) is 58.7 Å². The number of rotatable bonds is 23. The highest BCUT2D eigenvalue weighted by molar-refractivity contribution is 5.99. The molecule has 4 amide bonds. The van der Waals surface area contributed by atoms with Crippen LogP contribution in [-0.4, -0.2) is 33.8 Å². The molecule has 0 aliphatic heterocycles. The maximum absolute atomic E-state index is 13.0. The summed E-state index contributed by atoms with van der Waals surface area (Å²) in [6.45, 7) is 8.10. The van der Waals surface area contributed by atoms with Crippen LogP contribution in [0.4, 0.5) is 0 Å². The van der Waals surface area contributed by atoms with Gasteiger partial charge < -0.3 is 10.2 Å². The molecule has 6 N–H and O–H groups in total. The third-order valence-corrected chi connectivity index (χ3v) is 9.32. The fourth-order valence-electron chi connectivity index (χ4n) is 6.11. The van der Waals surface area contributed by atoms with Crippen molar-refractivity contribution in [2.45, 2.75) is 143 Å². The van der Waals surface area contributed by atoms with Gasteiger partial charge >= 0.3 is 0 Å². The molecule has 0 aliphatic carbocycles. The monoisotopic (exact) mass is 694 g/mol. The molecular weight excluding hydrogens is 632 g/mol. The molecule has 10 heteroatoms. The molecule has 2 rings (SSSR count). The number of nitrogens with one attached hydrogen (secondary N) is 4. The second-order valence-corrected chi connectivity index (χ2v) is 13.5. The van der Waals surface area contributed by atoms with Crippen molar-refractivity contribution in [1.29, 1.82) is 0 Å². The van der Waals surface area contributed by atoms with Gasteiger partial charge in [0.25, 0.3) is 11.8 Å². The molecule has 0 bridgehead atoms. The van der Waals surface area contributed by atoms with Crippen molar-refractivity contribution in [1.82, 2.24) is 21.7 Å². The maximum Gasteiger partial charge on any atom is 0.273 e. The highest BCUT2D eigenvalue weighted by atomic mass is 16.3. The lowest BCUT2D eigenvalue weighted by atomic mass is 9.94. The molecule has 0 radical (unpaired) electrons. The molecule has 2 unspecified atom stereocenters. The maximum atomic E-state index is 13.0. The highest BCUT2D eigenvalue weighted by Gasteiger charge is 2.21. The molecule has 10 nitrogen and oxygen atoms in total. The van der Waals surface area contributed by atoms with Gasteiger partial charge in [-0.25, -0.2) is 0 Å². The Morgan fingerprint density at radius 2 is 1.00 bits per heavy atom.